The fourth-order valence-electron chi connectivity index (χ4n) is 1.51. The van der Waals surface area contributed by atoms with Gasteiger partial charge in [-0.2, -0.15) is 0 Å². The summed E-state index contributed by atoms with van der Waals surface area (Å²) in [5, 5.41) is 24.0. The van der Waals surface area contributed by atoms with Crippen LogP contribution in [-0.4, -0.2) is 21.0 Å². The highest BCUT2D eigenvalue weighted by molar-refractivity contribution is 5.32. The minimum atomic E-state index is 0.699. The van der Waals surface area contributed by atoms with Crippen LogP contribution in [0.2, 0.25) is 0 Å². The van der Waals surface area contributed by atoms with Gasteiger partial charge in [-0.15, -0.1) is 0 Å². The molecular formula is C12H22O4. The van der Waals surface area contributed by atoms with E-state index in [1.807, 2.05) is 0 Å². The van der Waals surface area contributed by atoms with Crippen molar-refractivity contribution in [3.8, 4) is 0 Å². The zero-order valence-corrected chi connectivity index (χ0v) is 10.3. The Bertz CT molecular complexity index is 274. The Balaban J connectivity index is 0. The molecular weight excluding hydrogens is 208 g/mol. The van der Waals surface area contributed by atoms with Gasteiger partial charge in [-0.3, -0.25) is 21.0 Å². The highest BCUT2D eigenvalue weighted by atomic mass is 17.0. The summed E-state index contributed by atoms with van der Waals surface area (Å²) >= 11 is 0. The molecule has 0 bridgehead atoms. The highest BCUT2D eigenvalue weighted by Crippen LogP contribution is 2.22. The van der Waals surface area contributed by atoms with Gasteiger partial charge in [0.15, 0.2) is 0 Å². The quantitative estimate of drug-likeness (QED) is 0.459. The molecule has 0 saturated heterocycles. The molecule has 1 atom stereocenters. The maximum Gasteiger partial charge on any atom is -0.0190 e. The lowest BCUT2D eigenvalue weighted by atomic mass is 9.93. The molecule has 94 valence electrons. The van der Waals surface area contributed by atoms with Crippen molar-refractivity contribution in [1.82, 2.24) is 0 Å². The van der Waals surface area contributed by atoms with Gasteiger partial charge >= 0.3 is 0 Å². The SMILES string of the molecule is CCC(C)c1cc(C)ccc1C.OO.OO. The van der Waals surface area contributed by atoms with E-state index in [1.54, 1.807) is 0 Å². The zero-order chi connectivity index (χ0) is 13.1. The Labute approximate surface area is 96.7 Å². The third kappa shape index (κ3) is 5.82. The fraction of sp³-hybridized carbons (Fsp3) is 0.500. The molecule has 4 N–H and O–H groups in total. The van der Waals surface area contributed by atoms with Gasteiger partial charge in [0.25, 0.3) is 0 Å². The van der Waals surface area contributed by atoms with E-state index in [-0.39, 0.29) is 0 Å². The van der Waals surface area contributed by atoms with Crippen molar-refractivity contribution >= 4 is 0 Å². The standard InChI is InChI=1S/C12H18.2H2O2/c1-5-10(3)12-8-9(2)6-7-11(12)4;2*1-2/h6-8,10H,5H2,1-4H3;2*1-2H. The second kappa shape index (κ2) is 10.6. The maximum atomic E-state index is 6.00. The summed E-state index contributed by atoms with van der Waals surface area (Å²) in [4.78, 5) is 0. The summed E-state index contributed by atoms with van der Waals surface area (Å²) in [6, 6.07) is 6.71. The molecule has 1 unspecified atom stereocenters. The normalized spacial score (nSPS) is 10.5. The molecule has 0 aliphatic rings. The van der Waals surface area contributed by atoms with Crippen molar-refractivity contribution < 1.29 is 21.0 Å². The molecule has 0 fully saturated rings. The first kappa shape index (κ1) is 17.5. The first-order valence-electron chi connectivity index (χ1n) is 5.12. The van der Waals surface area contributed by atoms with E-state index < -0.39 is 0 Å². The van der Waals surface area contributed by atoms with Crippen LogP contribution in [0.25, 0.3) is 0 Å². The maximum absolute atomic E-state index is 6.00. The molecule has 1 aromatic carbocycles. The molecule has 1 aromatic rings. The molecule has 0 radical (unpaired) electrons. The molecule has 0 amide bonds. The number of hydrogen-bond donors (Lipinski definition) is 4. The third-order valence-electron chi connectivity index (χ3n) is 2.58. The van der Waals surface area contributed by atoms with Crippen LogP contribution >= 0.6 is 0 Å². The molecule has 0 aliphatic carbocycles. The lowest BCUT2D eigenvalue weighted by Crippen LogP contribution is -1.95. The summed E-state index contributed by atoms with van der Waals surface area (Å²) < 4.78 is 0. The minimum Gasteiger partial charge on any atom is -0.255 e. The lowest BCUT2D eigenvalue weighted by Gasteiger charge is -2.12. The molecule has 16 heavy (non-hydrogen) atoms. The molecule has 0 aromatic heterocycles. The van der Waals surface area contributed by atoms with Gasteiger partial charge in [0.1, 0.15) is 0 Å². The van der Waals surface area contributed by atoms with Gasteiger partial charge in [0.2, 0.25) is 0 Å². The lowest BCUT2D eigenvalue weighted by molar-refractivity contribution is -0.176. The smallest absolute Gasteiger partial charge is 0.0190 e. The molecule has 1 rings (SSSR count). The number of aryl methyl sites for hydroxylation is 2. The van der Waals surface area contributed by atoms with Crippen LogP contribution in [0.15, 0.2) is 18.2 Å². The van der Waals surface area contributed by atoms with Crippen LogP contribution in [0.5, 0.6) is 0 Å². The minimum absolute atomic E-state index is 0.699. The summed E-state index contributed by atoms with van der Waals surface area (Å²) in [6.45, 7) is 8.89. The van der Waals surface area contributed by atoms with Crippen LogP contribution in [0.1, 0.15) is 42.9 Å². The van der Waals surface area contributed by atoms with E-state index >= 15 is 0 Å². The van der Waals surface area contributed by atoms with Crippen LogP contribution in [-0.2, 0) is 0 Å². The van der Waals surface area contributed by atoms with E-state index in [1.165, 1.54) is 23.1 Å². The van der Waals surface area contributed by atoms with Crippen molar-refractivity contribution in [2.45, 2.75) is 40.0 Å². The van der Waals surface area contributed by atoms with Gasteiger partial charge < -0.3 is 0 Å². The predicted octanol–water partition coefficient (Wildman–Crippen LogP) is 3.85. The highest BCUT2D eigenvalue weighted by Gasteiger charge is 2.05. The van der Waals surface area contributed by atoms with Crippen molar-refractivity contribution in [3.63, 3.8) is 0 Å². The monoisotopic (exact) mass is 230 g/mol. The van der Waals surface area contributed by atoms with Crippen molar-refractivity contribution in [2.24, 2.45) is 0 Å². The van der Waals surface area contributed by atoms with E-state index in [2.05, 4.69) is 45.9 Å². The van der Waals surface area contributed by atoms with Crippen LogP contribution < -0.4 is 0 Å². The predicted molar refractivity (Wildman–Crippen MR) is 65.1 cm³/mol. The molecule has 4 heteroatoms. The second-order valence-corrected chi connectivity index (χ2v) is 3.67. The molecule has 0 aliphatic heterocycles. The molecule has 0 saturated carbocycles. The Morgan fingerprint density at radius 1 is 1.06 bits per heavy atom. The average molecular weight is 230 g/mol. The summed E-state index contributed by atoms with van der Waals surface area (Å²) in [7, 11) is 0. The van der Waals surface area contributed by atoms with Crippen LogP contribution in [0.4, 0.5) is 0 Å². The van der Waals surface area contributed by atoms with Gasteiger partial charge in [0, 0.05) is 0 Å². The average Bonchev–Trinajstić information content (AvgIpc) is 2.36. The van der Waals surface area contributed by atoms with Crippen LogP contribution in [0.3, 0.4) is 0 Å². The topological polar surface area (TPSA) is 80.9 Å². The first-order valence-corrected chi connectivity index (χ1v) is 5.12. The van der Waals surface area contributed by atoms with Gasteiger partial charge in [-0.05, 0) is 37.3 Å². The number of rotatable bonds is 2. The van der Waals surface area contributed by atoms with Crippen LogP contribution in [0, 0.1) is 13.8 Å². The molecule has 0 spiro atoms. The van der Waals surface area contributed by atoms with Crippen molar-refractivity contribution in [1.29, 1.82) is 0 Å². The Hall–Kier alpha value is -0.940. The van der Waals surface area contributed by atoms with Gasteiger partial charge in [0.05, 0.1) is 0 Å². The van der Waals surface area contributed by atoms with E-state index in [0.717, 1.165) is 0 Å². The van der Waals surface area contributed by atoms with Crippen molar-refractivity contribution in [2.75, 3.05) is 0 Å². The number of hydrogen-bond acceptors (Lipinski definition) is 4. The third-order valence-corrected chi connectivity index (χ3v) is 2.58. The summed E-state index contributed by atoms with van der Waals surface area (Å²) in [5.41, 5.74) is 4.31. The molecule has 4 nitrogen and oxygen atoms in total. The fourth-order valence-corrected chi connectivity index (χ4v) is 1.51. The number of benzene rings is 1. The molecule has 0 heterocycles. The Morgan fingerprint density at radius 2 is 1.56 bits per heavy atom. The van der Waals surface area contributed by atoms with Crippen molar-refractivity contribution in [3.05, 3.63) is 34.9 Å². The largest absolute Gasteiger partial charge is 0.255 e. The Morgan fingerprint density at radius 3 is 2.00 bits per heavy atom. The van der Waals surface area contributed by atoms with Gasteiger partial charge in [-0.25, -0.2) is 0 Å². The van der Waals surface area contributed by atoms with E-state index in [0.29, 0.717) is 5.92 Å². The Kier molecular flexibility index (Phi) is 11.5. The van der Waals surface area contributed by atoms with Gasteiger partial charge in [-0.1, -0.05) is 37.6 Å². The first-order chi connectivity index (χ1) is 7.65. The van der Waals surface area contributed by atoms with E-state index in [9.17, 15) is 0 Å². The summed E-state index contributed by atoms with van der Waals surface area (Å²) in [5.74, 6) is 0.699. The second-order valence-electron chi connectivity index (χ2n) is 3.67. The zero-order valence-electron chi connectivity index (χ0n) is 10.3. The van der Waals surface area contributed by atoms with E-state index in [4.69, 9.17) is 21.0 Å². The summed E-state index contributed by atoms with van der Waals surface area (Å²) in [6.07, 6.45) is 1.23.